The van der Waals surface area contributed by atoms with Gasteiger partial charge < -0.3 is 10.1 Å². The monoisotopic (exact) mass is 231 g/mol. The van der Waals surface area contributed by atoms with Crippen LogP contribution < -0.4 is 5.32 Å². The maximum absolute atomic E-state index is 11.6. The molecule has 2 rings (SSSR count). The molecular formula is C14H17NO2. The second-order valence-corrected chi connectivity index (χ2v) is 4.34. The Kier molecular flexibility index (Phi) is 3.81. The van der Waals surface area contributed by atoms with Crippen molar-refractivity contribution in [3.8, 4) is 0 Å². The molecule has 0 fully saturated rings. The quantitative estimate of drug-likeness (QED) is 0.812. The number of benzene rings is 1. The largest absolute Gasteiger partial charge is 0.445 e. The zero-order valence-electron chi connectivity index (χ0n) is 9.93. The second-order valence-electron chi connectivity index (χ2n) is 4.34. The number of carbonyl (C=O) groups is 1. The van der Waals surface area contributed by atoms with Gasteiger partial charge in [-0.25, -0.2) is 4.79 Å². The molecular weight excluding hydrogens is 214 g/mol. The fraction of sp³-hybridized carbons (Fsp3) is 0.357. The molecule has 1 aliphatic carbocycles. The summed E-state index contributed by atoms with van der Waals surface area (Å²) in [5, 5.41) is 2.88. The van der Waals surface area contributed by atoms with Crippen molar-refractivity contribution in [2.75, 3.05) is 0 Å². The summed E-state index contributed by atoms with van der Waals surface area (Å²) in [7, 11) is 0. The fourth-order valence-corrected chi connectivity index (χ4v) is 1.90. The molecule has 0 saturated carbocycles. The van der Waals surface area contributed by atoms with Crippen molar-refractivity contribution in [1.29, 1.82) is 0 Å². The number of ether oxygens (including phenoxy) is 1. The Morgan fingerprint density at radius 3 is 2.82 bits per heavy atom. The van der Waals surface area contributed by atoms with E-state index in [1.54, 1.807) is 0 Å². The molecule has 2 atom stereocenters. The molecule has 1 aromatic rings. The van der Waals surface area contributed by atoms with Crippen LogP contribution in [0.2, 0.25) is 0 Å². The summed E-state index contributed by atoms with van der Waals surface area (Å²) < 4.78 is 5.16. The van der Waals surface area contributed by atoms with Gasteiger partial charge in [0.15, 0.2) is 0 Å². The van der Waals surface area contributed by atoms with Crippen molar-refractivity contribution in [1.82, 2.24) is 5.32 Å². The van der Waals surface area contributed by atoms with Crippen LogP contribution in [0.3, 0.4) is 0 Å². The van der Waals surface area contributed by atoms with Crippen molar-refractivity contribution in [3.05, 3.63) is 48.0 Å². The first-order valence-corrected chi connectivity index (χ1v) is 5.89. The first kappa shape index (κ1) is 11.7. The molecule has 1 aromatic carbocycles. The molecule has 3 heteroatoms. The van der Waals surface area contributed by atoms with E-state index in [9.17, 15) is 4.79 Å². The van der Waals surface area contributed by atoms with Crippen LogP contribution in [0.15, 0.2) is 42.5 Å². The molecule has 90 valence electrons. The summed E-state index contributed by atoms with van der Waals surface area (Å²) in [4.78, 5) is 11.6. The zero-order chi connectivity index (χ0) is 12.1. The highest BCUT2D eigenvalue weighted by atomic mass is 16.5. The molecule has 0 saturated heterocycles. The van der Waals surface area contributed by atoms with E-state index in [0.717, 1.165) is 12.0 Å². The van der Waals surface area contributed by atoms with Gasteiger partial charge >= 0.3 is 6.09 Å². The third kappa shape index (κ3) is 3.34. The topological polar surface area (TPSA) is 38.3 Å². The lowest BCUT2D eigenvalue weighted by Crippen LogP contribution is -2.37. The molecule has 0 spiro atoms. The van der Waals surface area contributed by atoms with Gasteiger partial charge in [0.05, 0.1) is 0 Å². The molecule has 0 unspecified atom stereocenters. The molecule has 1 aliphatic rings. The van der Waals surface area contributed by atoms with Gasteiger partial charge in [-0.2, -0.15) is 0 Å². The summed E-state index contributed by atoms with van der Waals surface area (Å²) in [6, 6.07) is 9.85. The zero-order valence-corrected chi connectivity index (χ0v) is 9.93. The van der Waals surface area contributed by atoms with Crippen LogP contribution in [0.1, 0.15) is 18.9 Å². The van der Waals surface area contributed by atoms with Crippen molar-refractivity contribution < 1.29 is 9.53 Å². The first-order valence-electron chi connectivity index (χ1n) is 5.89. The minimum atomic E-state index is -0.339. The van der Waals surface area contributed by atoms with Crippen LogP contribution in [0, 0.1) is 5.92 Å². The van der Waals surface area contributed by atoms with Crippen LogP contribution in [-0.4, -0.2) is 12.1 Å². The van der Waals surface area contributed by atoms with Crippen LogP contribution in [0.25, 0.3) is 0 Å². The van der Waals surface area contributed by atoms with E-state index < -0.39 is 0 Å². The minimum Gasteiger partial charge on any atom is -0.445 e. The highest BCUT2D eigenvalue weighted by Crippen LogP contribution is 2.17. The summed E-state index contributed by atoms with van der Waals surface area (Å²) in [5.74, 6) is 0.388. The molecule has 3 nitrogen and oxygen atoms in total. The van der Waals surface area contributed by atoms with Crippen molar-refractivity contribution in [2.24, 2.45) is 5.92 Å². The van der Waals surface area contributed by atoms with E-state index in [-0.39, 0.29) is 12.1 Å². The molecule has 0 heterocycles. The summed E-state index contributed by atoms with van der Waals surface area (Å²) in [6.07, 6.45) is 4.76. The van der Waals surface area contributed by atoms with Gasteiger partial charge in [0.2, 0.25) is 0 Å². The van der Waals surface area contributed by atoms with Gasteiger partial charge in [-0.3, -0.25) is 0 Å². The predicted molar refractivity (Wildman–Crippen MR) is 66.5 cm³/mol. The van der Waals surface area contributed by atoms with Crippen LogP contribution in [0.5, 0.6) is 0 Å². The van der Waals surface area contributed by atoms with E-state index in [0.29, 0.717) is 12.5 Å². The van der Waals surface area contributed by atoms with Gasteiger partial charge in [0, 0.05) is 6.04 Å². The highest BCUT2D eigenvalue weighted by Gasteiger charge is 2.20. The lowest BCUT2D eigenvalue weighted by molar-refractivity contribution is 0.134. The van der Waals surface area contributed by atoms with Crippen molar-refractivity contribution in [3.63, 3.8) is 0 Å². The van der Waals surface area contributed by atoms with Crippen LogP contribution in [0.4, 0.5) is 4.79 Å². The number of rotatable bonds is 3. The summed E-state index contributed by atoms with van der Waals surface area (Å²) in [6.45, 7) is 2.41. The van der Waals surface area contributed by atoms with Gasteiger partial charge in [-0.1, -0.05) is 49.4 Å². The Hall–Kier alpha value is -1.77. The second kappa shape index (κ2) is 5.53. The number of amides is 1. The Labute approximate surface area is 101 Å². The van der Waals surface area contributed by atoms with Gasteiger partial charge in [0.25, 0.3) is 0 Å². The van der Waals surface area contributed by atoms with Crippen LogP contribution >= 0.6 is 0 Å². The maximum Gasteiger partial charge on any atom is 0.407 e. The van der Waals surface area contributed by atoms with Gasteiger partial charge in [0.1, 0.15) is 6.61 Å². The SMILES string of the molecule is C[C@H]1C=CC[C@@H]1NC(=O)OCc1ccccc1. The Morgan fingerprint density at radius 1 is 1.41 bits per heavy atom. The third-order valence-electron chi connectivity index (χ3n) is 2.98. The van der Waals surface area contributed by atoms with Crippen molar-refractivity contribution >= 4 is 6.09 Å². The predicted octanol–water partition coefficient (Wildman–Crippen LogP) is 2.88. The number of carbonyl (C=O) groups excluding carboxylic acids is 1. The van der Waals surface area contributed by atoms with E-state index >= 15 is 0 Å². The minimum absolute atomic E-state index is 0.179. The smallest absolute Gasteiger partial charge is 0.407 e. The standard InChI is InChI=1S/C14H17NO2/c1-11-6-5-9-13(11)15-14(16)17-10-12-7-3-2-4-8-12/h2-8,11,13H,9-10H2,1H3,(H,15,16)/t11-,13-/m0/s1. The fourth-order valence-electron chi connectivity index (χ4n) is 1.90. The summed E-state index contributed by atoms with van der Waals surface area (Å²) >= 11 is 0. The van der Waals surface area contributed by atoms with E-state index in [4.69, 9.17) is 4.74 Å². The molecule has 1 N–H and O–H groups in total. The van der Waals surface area contributed by atoms with Gasteiger partial charge in [-0.15, -0.1) is 0 Å². The summed E-state index contributed by atoms with van der Waals surface area (Å²) in [5.41, 5.74) is 1.00. The number of hydrogen-bond donors (Lipinski definition) is 1. The Balaban J connectivity index is 1.75. The molecule has 0 aromatic heterocycles. The average Bonchev–Trinajstić information content (AvgIpc) is 2.74. The molecule has 1 amide bonds. The highest BCUT2D eigenvalue weighted by molar-refractivity contribution is 5.67. The maximum atomic E-state index is 11.6. The average molecular weight is 231 g/mol. The molecule has 0 aliphatic heterocycles. The van der Waals surface area contributed by atoms with Gasteiger partial charge in [-0.05, 0) is 17.9 Å². The Bertz CT molecular complexity index is 400. The van der Waals surface area contributed by atoms with Crippen molar-refractivity contribution in [2.45, 2.75) is 26.0 Å². The molecule has 0 radical (unpaired) electrons. The van der Waals surface area contributed by atoms with E-state index in [1.807, 2.05) is 30.3 Å². The number of nitrogens with one attached hydrogen (secondary N) is 1. The van der Waals surface area contributed by atoms with E-state index in [2.05, 4.69) is 24.4 Å². The number of hydrogen-bond acceptors (Lipinski definition) is 2. The van der Waals surface area contributed by atoms with E-state index in [1.165, 1.54) is 0 Å². The molecule has 0 bridgehead atoms. The third-order valence-corrected chi connectivity index (χ3v) is 2.98. The lowest BCUT2D eigenvalue weighted by atomic mass is 10.1. The van der Waals surface area contributed by atoms with Crippen LogP contribution in [-0.2, 0) is 11.3 Å². The Morgan fingerprint density at radius 2 is 2.18 bits per heavy atom. The number of alkyl carbamates (subject to hydrolysis) is 1. The lowest BCUT2D eigenvalue weighted by Gasteiger charge is -2.17. The normalized spacial score (nSPS) is 22.4. The molecule has 17 heavy (non-hydrogen) atoms. The first-order chi connectivity index (χ1) is 8.25.